The molecule has 2 amide bonds. The highest BCUT2D eigenvalue weighted by Crippen LogP contribution is 2.23. The fourth-order valence-electron chi connectivity index (χ4n) is 4.82. The van der Waals surface area contributed by atoms with E-state index >= 15 is 0 Å². The summed E-state index contributed by atoms with van der Waals surface area (Å²) in [5, 5.41) is 11.0. The number of carbonyl (C=O) groups excluding carboxylic acids is 2. The number of hydrogen-bond donors (Lipinski definition) is 3. The summed E-state index contributed by atoms with van der Waals surface area (Å²) in [5.41, 5.74) is 3.37. The van der Waals surface area contributed by atoms with E-state index in [2.05, 4.69) is 32.5 Å². The molecular weight excluding hydrogens is 482 g/mol. The summed E-state index contributed by atoms with van der Waals surface area (Å²) < 4.78 is 7.05. The first-order chi connectivity index (χ1) is 18.1. The van der Waals surface area contributed by atoms with Crippen molar-refractivity contribution in [2.24, 2.45) is 0 Å². The van der Waals surface area contributed by atoms with Crippen molar-refractivity contribution < 1.29 is 14.3 Å². The van der Waals surface area contributed by atoms with Crippen LogP contribution < -0.4 is 10.6 Å². The third kappa shape index (κ3) is 5.96. The Balaban J connectivity index is 1.21. The van der Waals surface area contributed by atoms with Gasteiger partial charge in [0.25, 0.3) is 5.91 Å². The molecule has 2 aromatic heterocycles. The van der Waals surface area contributed by atoms with Crippen molar-refractivity contribution in [1.82, 2.24) is 30.0 Å². The summed E-state index contributed by atoms with van der Waals surface area (Å²) in [7, 11) is 0. The smallest absolute Gasteiger partial charge is 0.407 e. The number of likely N-dealkylation sites (tertiary alicyclic amines) is 1. The van der Waals surface area contributed by atoms with E-state index in [0.717, 1.165) is 40.9 Å². The molecule has 0 saturated carbocycles. The van der Waals surface area contributed by atoms with Crippen molar-refractivity contribution in [3.05, 3.63) is 54.0 Å². The lowest BCUT2D eigenvalue weighted by molar-refractivity contribution is 0.0525. The van der Waals surface area contributed by atoms with Gasteiger partial charge in [-0.2, -0.15) is 5.10 Å². The predicted octanol–water partition coefficient (Wildman–Crippen LogP) is 4.67. The molecule has 3 N–H and O–H groups in total. The van der Waals surface area contributed by atoms with Gasteiger partial charge in [-0.05, 0) is 83.5 Å². The number of amides is 2. The number of nitrogens with one attached hydrogen (secondary N) is 3. The fraction of sp³-hybridized carbons (Fsp3) is 0.429. The van der Waals surface area contributed by atoms with Crippen LogP contribution in [0.25, 0.3) is 21.9 Å². The second-order valence-electron chi connectivity index (χ2n) is 10.9. The molecule has 2 aromatic carbocycles. The van der Waals surface area contributed by atoms with E-state index in [4.69, 9.17) is 9.72 Å². The van der Waals surface area contributed by atoms with Crippen LogP contribution in [-0.4, -0.2) is 61.4 Å². The third-order valence-electron chi connectivity index (χ3n) is 6.73. The van der Waals surface area contributed by atoms with Crippen LogP contribution in [0.5, 0.6) is 0 Å². The van der Waals surface area contributed by atoms with E-state index in [-0.39, 0.29) is 5.91 Å². The number of aromatic nitrogens is 4. The molecule has 1 saturated heterocycles. The minimum absolute atomic E-state index is 0.198. The van der Waals surface area contributed by atoms with Crippen LogP contribution in [0.4, 0.5) is 10.5 Å². The Labute approximate surface area is 221 Å². The van der Waals surface area contributed by atoms with Crippen molar-refractivity contribution in [2.45, 2.75) is 65.3 Å². The standard InChI is InChI=1S/C28H35N7O3/c1-18-6-5-12-34(18)17-25-32-22-9-8-21(15-23(22)33-25)31-26(36)19-7-10-24-20(14-19)16-30-35(24)13-11-29-27(37)38-28(2,3)4/h7-10,14-16,18H,5-6,11-13,17H2,1-4H3,(H,29,37)(H,31,36)(H,32,33)/t18-/m0/s1. The molecule has 3 heterocycles. The topological polar surface area (TPSA) is 117 Å². The zero-order chi connectivity index (χ0) is 26.9. The number of carbonyl (C=O) groups is 2. The molecule has 0 unspecified atom stereocenters. The van der Waals surface area contributed by atoms with E-state index in [1.54, 1.807) is 16.9 Å². The highest BCUT2D eigenvalue weighted by atomic mass is 16.6. The second-order valence-corrected chi connectivity index (χ2v) is 10.9. The Bertz CT molecular complexity index is 1470. The van der Waals surface area contributed by atoms with Gasteiger partial charge in [0, 0.05) is 29.2 Å². The number of aromatic amines is 1. The van der Waals surface area contributed by atoms with Gasteiger partial charge in [-0.1, -0.05) is 0 Å². The SMILES string of the molecule is C[C@H]1CCCN1Cc1nc2ccc(NC(=O)c3ccc4c(cnn4CCNC(=O)OC(C)(C)C)c3)cc2[nH]1. The van der Waals surface area contributed by atoms with Crippen LogP contribution >= 0.6 is 0 Å². The number of benzene rings is 2. The van der Waals surface area contributed by atoms with E-state index in [9.17, 15) is 9.59 Å². The van der Waals surface area contributed by atoms with Crippen LogP contribution in [0, 0.1) is 0 Å². The van der Waals surface area contributed by atoms with Gasteiger partial charge in [0.1, 0.15) is 11.4 Å². The first-order valence-electron chi connectivity index (χ1n) is 13.1. The molecule has 1 aliphatic rings. The van der Waals surface area contributed by atoms with Crippen LogP contribution in [-0.2, 0) is 17.8 Å². The van der Waals surface area contributed by atoms with E-state index in [1.165, 1.54) is 12.8 Å². The Morgan fingerprint density at radius 1 is 1.18 bits per heavy atom. The first-order valence-corrected chi connectivity index (χ1v) is 13.1. The molecule has 1 atom stereocenters. The number of rotatable bonds is 7. The Morgan fingerprint density at radius 2 is 2.03 bits per heavy atom. The summed E-state index contributed by atoms with van der Waals surface area (Å²) in [6, 6.07) is 11.8. The highest BCUT2D eigenvalue weighted by molar-refractivity contribution is 6.06. The molecule has 4 aromatic rings. The second kappa shape index (κ2) is 10.4. The van der Waals surface area contributed by atoms with Gasteiger partial charge in [-0.3, -0.25) is 14.4 Å². The number of ether oxygens (including phenoxy) is 1. The minimum atomic E-state index is -0.543. The first kappa shape index (κ1) is 25.7. The number of H-pyrrole nitrogens is 1. The zero-order valence-electron chi connectivity index (χ0n) is 22.4. The molecule has 10 nitrogen and oxygen atoms in total. The van der Waals surface area contributed by atoms with E-state index < -0.39 is 11.7 Å². The van der Waals surface area contributed by atoms with Crippen LogP contribution in [0.15, 0.2) is 42.6 Å². The van der Waals surface area contributed by atoms with Crippen molar-refractivity contribution >= 4 is 39.6 Å². The maximum atomic E-state index is 13.0. The highest BCUT2D eigenvalue weighted by Gasteiger charge is 2.21. The predicted molar refractivity (Wildman–Crippen MR) is 147 cm³/mol. The number of imidazole rings is 1. The summed E-state index contributed by atoms with van der Waals surface area (Å²) in [6.07, 6.45) is 3.72. The number of fused-ring (bicyclic) bond motifs is 2. The average molecular weight is 518 g/mol. The largest absolute Gasteiger partial charge is 0.444 e. The van der Waals surface area contributed by atoms with Crippen molar-refractivity contribution in [3.8, 4) is 0 Å². The molecule has 0 aliphatic carbocycles. The number of nitrogens with zero attached hydrogens (tertiary/aromatic N) is 4. The van der Waals surface area contributed by atoms with E-state index in [0.29, 0.717) is 30.4 Å². The van der Waals surface area contributed by atoms with Crippen molar-refractivity contribution in [2.75, 3.05) is 18.4 Å². The molecule has 0 spiro atoms. The molecule has 200 valence electrons. The third-order valence-corrected chi connectivity index (χ3v) is 6.73. The quantitative estimate of drug-likeness (QED) is 0.328. The lowest BCUT2D eigenvalue weighted by atomic mass is 10.1. The fourth-order valence-corrected chi connectivity index (χ4v) is 4.82. The van der Waals surface area contributed by atoms with Gasteiger partial charge in [-0.15, -0.1) is 0 Å². The molecule has 38 heavy (non-hydrogen) atoms. The Hall–Kier alpha value is -3.92. The van der Waals surface area contributed by atoms with Gasteiger partial charge in [0.2, 0.25) is 0 Å². The van der Waals surface area contributed by atoms with Crippen molar-refractivity contribution in [1.29, 1.82) is 0 Å². The molecule has 1 fully saturated rings. The van der Waals surface area contributed by atoms with Gasteiger partial charge in [0.05, 0.1) is 35.8 Å². The monoisotopic (exact) mass is 517 g/mol. The molecule has 0 radical (unpaired) electrons. The lowest BCUT2D eigenvalue weighted by Crippen LogP contribution is -2.34. The molecule has 1 aliphatic heterocycles. The van der Waals surface area contributed by atoms with Gasteiger partial charge in [-0.25, -0.2) is 9.78 Å². The Morgan fingerprint density at radius 3 is 2.79 bits per heavy atom. The maximum absolute atomic E-state index is 13.0. The summed E-state index contributed by atoms with van der Waals surface area (Å²) in [6.45, 7) is 10.5. The summed E-state index contributed by atoms with van der Waals surface area (Å²) >= 11 is 0. The normalized spacial score (nSPS) is 16.3. The summed E-state index contributed by atoms with van der Waals surface area (Å²) in [5.74, 6) is 0.747. The number of alkyl carbamates (subject to hydrolysis) is 1. The maximum Gasteiger partial charge on any atom is 0.407 e. The summed E-state index contributed by atoms with van der Waals surface area (Å²) in [4.78, 5) is 35.4. The number of hydrogen-bond acceptors (Lipinski definition) is 6. The van der Waals surface area contributed by atoms with Gasteiger partial charge in [0.15, 0.2) is 0 Å². The van der Waals surface area contributed by atoms with E-state index in [1.807, 2.05) is 51.1 Å². The number of anilines is 1. The zero-order valence-corrected chi connectivity index (χ0v) is 22.4. The lowest BCUT2D eigenvalue weighted by Gasteiger charge is -2.19. The molecule has 5 rings (SSSR count). The van der Waals surface area contributed by atoms with Crippen LogP contribution in [0.3, 0.4) is 0 Å². The molecule has 10 heteroatoms. The average Bonchev–Trinajstić information content (AvgIpc) is 3.56. The molecule has 0 bridgehead atoms. The van der Waals surface area contributed by atoms with Crippen molar-refractivity contribution in [3.63, 3.8) is 0 Å². The van der Waals surface area contributed by atoms with Gasteiger partial charge < -0.3 is 20.4 Å². The minimum Gasteiger partial charge on any atom is -0.444 e. The Kier molecular flexibility index (Phi) is 7.07. The van der Waals surface area contributed by atoms with Crippen LogP contribution in [0.1, 0.15) is 56.7 Å². The molecular formula is C28H35N7O3. The van der Waals surface area contributed by atoms with Crippen LogP contribution in [0.2, 0.25) is 0 Å². The van der Waals surface area contributed by atoms with Gasteiger partial charge >= 0.3 is 6.09 Å².